The molecular weight excluding hydrogens is 382 g/mol. The number of aromatic nitrogens is 2. The van der Waals surface area contributed by atoms with E-state index in [9.17, 15) is 14.9 Å². The van der Waals surface area contributed by atoms with E-state index in [2.05, 4.69) is 9.88 Å². The van der Waals surface area contributed by atoms with E-state index in [4.69, 9.17) is 4.98 Å². The zero-order chi connectivity index (χ0) is 21.1. The van der Waals surface area contributed by atoms with E-state index >= 15 is 0 Å². The number of piperidine rings is 1. The second-order valence-electron chi connectivity index (χ2n) is 7.76. The van der Waals surface area contributed by atoms with E-state index < -0.39 is 4.92 Å². The first-order valence-corrected chi connectivity index (χ1v) is 10.3. The van der Waals surface area contributed by atoms with Crippen LogP contribution < -0.4 is 4.90 Å². The summed E-state index contributed by atoms with van der Waals surface area (Å²) in [6.07, 6.45) is 7.52. The monoisotopic (exact) mass is 407 g/mol. The zero-order valence-corrected chi connectivity index (χ0v) is 17.1. The van der Waals surface area contributed by atoms with Crippen LogP contribution in [0.2, 0.25) is 0 Å². The summed E-state index contributed by atoms with van der Waals surface area (Å²) in [6, 6.07) is 6.15. The average molecular weight is 407 g/mol. The van der Waals surface area contributed by atoms with Crippen LogP contribution in [0.25, 0.3) is 6.08 Å². The summed E-state index contributed by atoms with van der Waals surface area (Å²) in [5.41, 5.74) is 2.89. The first kappa shape index (κ1) is 20.0. The number of hydrogen-bond acceptors (Lipinski definition) is 6. The quantitative estimate of drug-likeness (QED) is 0.439. The molecule has 4 rings (SSSR count). The van der Waals surface area contributed by atoms with Crippen molar-refractivity contribution in [2.24, 2.45) is 0 Å². The molecule has 156 valence electrons. The predicted molar refractivity (Wildman–Crippen MR) is 114 cm³/mol. The number of nitro benzene ring substituents is 1. The summed E-state index contributed by atoms with van der Waals surface area (Å²) in [5, 5.41) is 10.8. The molecule has 2 aromatic rings. The summed E-state index contributed by atoms with van der Waals surface area (Å²) >= 11 is 0. The normalized spacial score (nSPS) is 16.6. The standard InChI is InChI=1S/C22H25N5O3/c1-16-23-20-11-14-26(15-19(20)22(24-16)25-12-3-2-4-13-25)21(28)10-7-17-5-8-18(9-6-17)27(29)30/h5-10H,2-4,11-15H2,1H3/b10-7+. The third-order valence-corrected chi connectivity index (χ3v) is 5.64. The summed E-state index contributed by atoms with van der Waals surface area (Å²) in [4.78, 5) is 36.6. The number of anilines is 1. The van der Waals surface area contributed by atoms with Gasteiger partial charge in [-0.15, -0.1) is 0 Å². The minimum absolute atomic E-state index is 0.0339. The van der Waals surface area contributed by atoms with Crippen LogP contribution >= 0.6 is 0 Å². The summed E-state index contributed by atoms with van der Waals surface area (Å²) in [5.74, 6) is 1.69. The van der Waals surface area contributed by atoms with Crippen LogP contribution in [-0.4, -0.2) is 45.3 Å². The maximum absolute atomic E-state index is 12.8. The third-order valence-electron chi connectivity index (χ3n) is 5.64. The molecule has 0 radical (unpaired) electrons. The molecule has 2 aliphatic heterocycles. The minimum atomic E-state index is -0.437. The first-order valence-electron chi connectivity index (χ1n) is 10.3. The van der Waals surface area contributed by atoms with E-state index in [-0.39, 0.29) is 11.6 Å². The van der Waals surface area contributed by atoms with Gasteiger partial charge in [0.1, 0.15) is 11.6 Å². The van der Waals surface area contributed by atoms with Gasteiger partial charge in [-0.1, -0.05) is 0 Å². The van der Waals surface area contributed by atoms with E-state index in [1.165, 1.54) is 37.5 Å². The number of non-ortho nitro benzene ring substituents is 1. The van der Waals surface area contributed by atoms with Crippen molar-refractivity contribution in [1.82, 2.24) is 14.9 Å². The molecule has 1 aromatic carbocycles. The second kappa shape index (κ2) is 8.61. The number of carbonyl (C=O) groups is 1. The number of amides is 1. The Labute approximate surface area is 175 Å². The van der Waals surface area contributed by atoms with Crippen LogP contribution in [0, 0.1) is 17.0 Å². The molecule has 2 aliphatic rings. The van der Waals surface area contributed by atoms with E-state index in [1.54, 1.807) is 18.2 Å². The highest BCUT2D eigenvalue weighted by atomic mass is 16.6. The van der Waals surface area contributed by atoms with Crippen molar-refractivity contribution in [2.75, 3.05) is 24.5 Å². The van der Waals surface area contributed by atoms with E-state index in [1.807, 2.05) is 11.8 Å². The SMILES string of the molecule is Cc1nc2c(c(N3CCCCC3)n1)CN(C(=O)/C=C/c1ccc([N+](=O)[O-])cc1)CC2. The molecule has 0 saturated carbocycles. The molecule has 8 heteroatoms. The Bertz CT molecular complexity index is 981. The van der Waals surface area contributed by atoms with Gasteiger partial charge in [0, 0.05) is 49.8 Å². The first-order chi connectivity index (χ1) is 14.5. The highest BCUT2D eigenvalue weighted by Gasteiger charge is 2.27. The molecule has 1 fully saturated rings. The molecule has 0 bridgehead atoms. The van der Waals surface area contributed by atoms with Crippen molar-refractivity contribution in [1.29, 1.82) is 0 Å². The van der Waals surface area contributed by atoms with Gasteiger partial charge in [0.15, 0.2) is 0 Å². The van der Waals surface area contributed by atoms with Gasteiger partial charge in [-0.3, -0.25) is 14.9 Å². The largest absolute Gasteiger partial charge is 0.356 e. The number of aryl methyl sites for hydroxylation is 1. The van der Waals surface area contributed by atoms with Gasteiger partial charge in [0.25, 0.3) is 5.69 Å². The fourth-order valence-corrected chi connectivity index (χ4v) is 4.05. The van der Waals surface area contributed by atoms with Gasteiger partial charge in [-0.05, 0) is 50.0 Å². The Morgan fingerprint density at radius 3 is 2.53 bits per heavy atom. The lowest BCUT2D eigenvalue weighted by molar-refractivity contribution is -0.384. The highest BCUT2D eigenvalue weighted by Crippen LogP contribution is 2.29. The fraction of sp³-hybridized carbons (Fsp3) is 0.409. The van der Waals surface area contributed by atoms with Crippen LogP contribution in [0.5, 0.6) is 0 Å². The van der Waals surface area contributed by atoms with E-state index in [0.29, 0.717) is 13.1 Å². The number of nitro groups is 1. The topological polar surface area (TPSA) is 92.5 Å². The van der Waals surface area contributed by atoms with Crippen LogP contribution in [0.1, 0.15) is 41.9 Å². The molecular formula is C22H25N5O3. The summed E-state index contributed by atoms with van der Waals surface area (Å²) in [6.45, 7) is 5.04. The number of carbonyl (C=O) groups excluding carboxylic acids is 1. The molecule has 1 saturated heterocycles. The van der Waals surface area contributed by atoms with E-state index in [0.717, 1.165) is 48.0 Å². The molecule has 0 unspecified atom stereocenters. The summed E-state index contributed by atoms with van der Waals surface area (Å²) < 4.78 is 0. The Morgan fingerprint density at radius 1 is 1.10 bits per heavy atom. The van der Waals surface area contributed by atoms with Gasteiger partial charge in [0.2, 0.25) is 5.91 Å². The smallest absolute Gasteiger partial charge is 0.269 e. The van der Waals surface area contributed by atoms with Crippen LogP contribution in [0.15, 0.2) is 30.3 Å². The maximum atomic E-state index is 12.8. The van der Waals surface area contributed by atoms with Gasteiger partial charge >= 0.3 is 0 Å². The lowest BCUT2D eigenvalue weighted by Crippen LogP contribution is -2.38. The number of benzene rings is 1. The molecule has 0 N–H and O–H groups in total. The molecule has 1 aromatic heterocycles. The van der Waals surface area contributed by atoms with Gasteiger partial charge in [0.05, 0.1) is 17.2 Å². The number of fused-ring (bicyclic) bond motifs is 1. The van der Waals surface area contributed by atoms with Gasteiger partial charge in [-0.2, -0.15) is 0 Å². The number of hydrogen-bond donors (Lipinski definition) is 0. The zero-order valence-electron chi connectivity index (χ0n) is 17.1. The van der Waals surface area contributed by atoms with Crippen molar-refractivity contribution in [2.45, 2.75) is 39.2 Å². The van der Waals surface area contributed by atoms with Crippen molar-refractivity contribution >= 4 is 23.5 Å². The Hall–Kier alpha value is -3.29. The number of rotatable bonds is 4. The van der Waals surface area contributed by atoms with Crippen LogP contribution in [0.4, 0.5) is 11.5 Å². The molecule has 0 atom stereocenters. The molecule has 3 heterocycles. The molecule has 30 heavy (non-hydrogen) atoms. The predicted octanol–water partition coefficient (Wildman–Crippen LogP) is 3.28. The Morgan fingerprint density at radius 2 is 1.83 bits per heavy atom. The van der Waals surface area contributed by atoms with Crippen molar-refractivity contribution < 1.29 is 9.72 Å². The lowest BCUT2D eigenvalue weighted by atomic mass is 10.0. The average Bonchev–Trinajstić information content (AvgIpc) is 2.77. The van der Waals surface area contributed by atoms with Crippen molar-refractivity contribution in [3.05, 3.63) is 63.1 Å². The van der Waals surface area contributed by atoms with Crippen LogP contribution in [-0.2, 0) is 17.8 Å². The van der Waals surface area contributed by atoms with Gasteiger partial charge < -0.3 is 9.80 Å². The number of nitrogens with zero attached hydrogens (tertiary/aromatic N) is 5. The molecule has 0 spiro atoms. The van der Waals surface area contributed by atoms with Crippen LogP contribution in [0.3, 0.4) is 0 Å². The molecule has 1 amide bonds. The third kappa shape index (κ3) is 4.32. The van der Waals surface area contributed by atoms with Gasteiger partial charge in [-0.25, -0.2) is 9.97 Å². The second-order valence-corrected chi connectivity index (χ2v) is 7.76. The Balaban J connectivity index is 1.50. The Kier molecular flexibility index (Phi) is 5.74. The maximum Gasteiger partial charge on any atom is 0.269 e. The fourth-order valence-electron chi connectivity index (χ4n) is 4.05. The summed E-state index contributed by atoms with van der Waals surface area (Å²) in [7, 11) is 0. The highest BCUT2D eigenvalue weighted by molar-refractivity contribution is 5.92. The minimum Gasteiger partial charge on any atom is -0.356 e. The molecule has 0 aliphatic carbocycles. The molecule has 8 nitrogen and oxygen atoms in total. The van der Waals surface area contributed by atoms with Crippen molar-refractivity contribution in [3.8, 4) is 0 Å². The lowest BCUT2D eigenvalue weighted by Gasteiger charge is -2.34. The van der Waals surface area contributed by atoms with Crippen molar-refractivity contribution in [3.63, 3.8) is 0 Å².